The molecular formula is C71H118N20O21S4. The number of nitrogens with two attached hydrogens (primary N) is 3. The van der Waals surface area contributed by atoms with Gasteiger partial charge in [-0.25, -0.2) is 0 Å². The number of guanidine groups is 1. The maximum atomic E-state index is 14.7. The van der Waals surface area contributed by atoms with E-state index in [1.165, 1.54) is 0 Å². The molecule has 2 fully saturated rings. The van der Waals surface area contributed by atoms with Gasteiger partial charge in [-0.2, -0.15) is 0 Å². The van der Waals surface area contributed by atoms with E-state index in [2.05, 4.69) is 89.7 Å². The van der Waals surface area contributed by atoms with Crippen molar-refractivity contribution >= 4 is 143 Å². The Hall–Kier alpha value is -8.83. The number of benzene rings is 1. The second kappa shape index (κ2) is 57.3. The number of hydrogen-bond donors (Lipinski definition) is 20. The number of nitrogens with zero attached hydrogens (tertiary/aromatic N) is 3. The van der Waals surface area contributed by atoms with E-state index in [4.69, 9.17) is 36.1 Å². The standard InChI is InChI=1S/C71H118N20O21S4/c1-44(90-107)70(3,4)81-26-21-46(22-27-82-71(5,6)45(2)91-108)20-25-76-57(94)19-12-18-56(93)75-23-11-10-16-49-63(101)87-53-41-113-114-42-54(88-65(103)51(37-60(97)98)83-58(95)38-80-61(99)48(84-66(53)104)17-13-24-79-68(73)74)67(105)85-50(36-47-14-8-7-9-15-47)64(102)86-52(43-115-116-69(106)89-49)62(100)78-29-31-110-33-35-111-34-32-109-30-28-77-59(96)40-112-39-55(72)92/h7-9,14-15,46,48-54,81-82,107-108H,10-13,16-43H2,1-6H3,(H2,72,92)(H,75,93)(H,76,94)(H,77,96)(H,78,100)(H,80,99)(H,83,95)(H,84,104)(H,85,105)(H,86,102)(H,87,101)(H,88,103)(H,89,106)(H,97,98)(H4,73,74,79)/b90-44+,91-45+/t48-,49-,50-,51?,52?,53-,54-/m0/s1. The van der Waals surface area contributed by atoms with Gasteiger partial charge in [0, 0.05) is 80.0 Å². The molecule has 2 unspecified atom stereocenters. The monoisotopic (exact) mass is 1710 g/mol. The first kappa shape index (κ1) is 101. The third-order valence-electron chi connectivity index (χ3n) is 18.0. The van der Waals surface area contributed by atoms with Gasteiger partial charge in [-0.1, -0.05) is 73.0 Å². The highest BCUT2D eigenvalue weighted by Crippen LogP contribution is 2.26. The smallest absolute Gasteiger partial charge is 0.305 e. The number of ether oxygens (including phenoxy) is 4. The van der Waals surface area contributed by atoms with Gasteiger partial charge in [-0.15, -0.1) is 0 Å². The van der Waals surface area contributed by atoms with Gasteiger partial charge < -0.3 is 126 Å². The summed E-state index contributed by atoms with van der Waals surface area (Å²) in [6.45, 7) is 11.9. The van der Waals surface area contributed by atoms with Crippen LogP contribution in [0.2, 0.25) is 0 Å². The fourth-order valence-corrected chi connectivity index (χ4v) is 14.9. The van der Waals surface area contributed by atoms with Crippen LogP contribution in [0.15, 0.2) is 45.6 Å². The minimum atomic E-state index is -1.85. The molecule has 0 aromatic heterocycles. The normalized spacial score (nSPS) is 19.9. The van der Waals surface area contributed by atoms with Crippen molar-refractivity contribution < 1.29 is 102 Å². The van der Waals surface area contributed by atoms with Crippen molar-refractivity contribution in [2.24, 2.45) is 38.4 Å². The van der Waals surface area contributed by atoms with E-state index in [1.54, 1.807) is 44.2 Å². The lowest BCUT2D eigenvalue weighted by Crippen LogP contribution is -2.60. The van der Waals surface area contributed by atoms with Crippen LogP contribution >= 0.6 is 43.2 Å². The number of rotatable bonds is 47. The lowest BCUT2D eigenvalue weighted by molar-refractivity contribution is -0.141. The summed E-state index contributed by atoms with van der Waals surface area (Å²) in [6.07, 6.45) is 1.48. The molecule has 0 aliphatic carbocycles. The lowest BCUT2D eigenvalue weighted by Gasteiger charge is -2.28. The molecule has 1 aromatic carbocycles. The molecule has 7 atom stereocenters. The number of carboxylic acid groups (broad SMARTS) is 1. The molecule has 45 heteroatoms. The predicted molar refractivity (Wildman–Crippen MR) is 438 cm³/mol. The van der Waals surface area contributed by atoms with E-state index < -0.39 is 143 Å². The first-order valence-corrected chi connectivity index (χ1v) is 42.8. The van der Waals surface area contributed by atoms with Crippen LogP contribution < -0.4 is 91.6 Å². The highest BCUT2D eigenvalue weighted by molar-refractivity contribution is 8.82. The van der Waals surface area contributed by atoms with E-state index in [1.807, 2.05) is 27.7 Å². The zero-order valence-electron chi connectivity index (χ0n) is 66.5. The van der Waals surface area contributed by atoms with Crippen LogP contribution in [-0.2, 0) is 87.7 Å². The van der Waals surface area contributed by atoms with Crippen molar-refractivity contribution in [2.45, 2.75) is 178 Å². The highest BCUT2D eigenvalue weighted by atomic mass is 33.1. The molecule has 13 amide bonds. The fraction of sp³-hybridized carbons (Fsp3) is 0.676. The van der Waals surface area contributed by atoms with Gasteiger partial charge in [-0.05, 0) is 124 Å². The zero-order valence-corrected chi connectivity index (χ0v) is 69.8. The largest absolute Gasteiger partial charge is 0.481 e. The SMILES string of the molecule is C/C(=N\O)C(C)(C)NCCC(CCNC(=O)CCCC(=O)NCCCC[C@@H]1NC(=O)SSCC(C(=O)NCCOCCOCCOCCNC(=O)COCC(N)=O)NC(=O)[C@H](Cc2ccccc2)NC(=O)[C@@H]2CSSC[C@H](NC1=O)C(=O)N[C@@H](CCCN=C(N)N)C(=O)NCC(=O)NC(CC(=O)O)C(=O)N2)CCNC(C)(C)/C(C)=N/O. The Kier molecular flexibility index (Phi) is 50.1. The quantitative estimate of drug-likeness (QED) is 0.00784. The van der Waals surface area contributed by atoms with Crippen LogP contribution in [0.5, 0.6) is 0 Å². The van der Waals surface area contributed by atoms with E-state index in [-0.39, 0.29) is 171 Å². The number of nitrogens with one attached hydrogen (secondary N) is 14. The zero-order chi connectivity index (χ0) is 85.9. The molecule has 652 valence electrons. The number of primary amides is 1. The Labute approximate surface area is 690 Å². The van der Waals surface area contributed by atoms with E-state index in [0.717, 1.165) is 45.2 Å². The molecule has 116 heavy (non-hydrogen) atoms. The maximum Gasteiger partial charge on any atom is 0.305 e. The van der Waals surface area contributed by atoms with Crippen LogP contribution in [0, 0.1) is 5.92 Å². The minimum Gasteiger partial charge on any atom is -0.481 e. The summed E-state index contributed by atoms with van der Waals surface area (Å²) in [5.74, 6) is -12.1. The number of fused-ring (bicyclic) bond motifs is 5. The molecule has 0 spiro atoms. The van der Waals surface area contributed by atoms with E-state index in [9.17, 15) is 82.6 Å². The molecule has 41 nitrogen and oxygen atoms in total. The number of unbranched alkanes of at least 4 members (excludes halogenated alkanes) is 1. The average Bonchev–Trinajstić information content (AvgIpc) is 0.972. The highest BCUT2D eigenvalue weighted by Gasteiger charge is 2.36. The van der Waals surface area contributed by atoms with Gasteiger partial charge in [0.1, 0.15) is 55.5 Å². The van der Waals surface area contributed by atoms with Crippen molar-refractivity contribution in [1.29, 1.82) is 0 Å². The molecule has 3 rings (SSSR count). The van der Waals surface area contributed by atoms with Crippen molar-refractivity contribution in [3.05, 3.63) is 35.9 Å². The van der Waals surface area contributed by atoms with Crippen molar-refractivity contribution in [2.75, 3.05) is 122 Å². The Bertz CT molecular complexity index is 3390. The number of hydrogen-bond acceptors (Lipinski definition) is 29. The summed E-state index contributed by atoms with van der Waals surface area (Å²) in [5.41, 5.74) is 16.5. The van der Waals surface area contributed by atoms with Crippen molar-refractivity contribution in [3.8, 4) is 0 Å². The molecule has 2 bridgehead atoms. The van der Waals surface area contributed by atoms with Gasteiger partial charge in [0.25, 0.3) is 5.24 Å². The fourth-order valence-electron chi connectivity index (χ4n) is 10.8. The van der Waals surface area contributed by atoms with Gasteiger partial charge in [0.2, 0.25) is 70.9 Å². The average molecular weight is 1720 g/mol. The van der Waals surface area contributed by atoms with E-state index >= 15 is 0 Å². The molecule has 0 radical (unpaired) electrons. The second-order valence-corrected chi connectivity index (χ2v) is 32.9. The third-order valence-corrected chi connectivity index (χ3v) is 22.5. The van der Waals surface area contributed by atoms with Gasteiger partial charge in [0.15, 0.2) is 5.96 Å². The molecular weight excluding hydrogens is 1600 g/mol. The number of carbonyl (C=O) groups excluding carboxylic acids is 13. The van der Waals surface area contributed by atoms with Crippen LogP contribution in [-0.4, -0.2) is 291 Å². The van der Waals surface area contributed by atoms with Crippen LogP contribution in [0.25, 0.3) is 0 Å². The second-order valence-electron chi connectivity index (χ2n) is 28.0. The Morgan fingerprint density at radius 3 is 1.62 bits per heavy atom. The number of amides is 13. The van der Waals surface area contributed by atoms with Crippen LogP contribution in [0.3, 0.4) is 0 Å². The Balaban J connectivity index is 1.91. The summed E-state index contributed by atoms with van der Waals surface area (Å²) in [7, 11) is 3.16. The first-order valence-electron chi connectivity index (χ1n) is 38.0. The Morgan fingerprint density at radius 2 is 1.05 bits per heavy atom. The van der Waals surface area contributed by atoms with Crippen LogP contribution in [0.4, 0.5) is 4.79 Å². The van der Waals surface area contributed by atoms with Gasteiger partial charge in [0.05, 0.1) is 75.1 Å². The van der Waals surface area contributed by atoms with E-state index in [0.29, 0.717) is 53.8 Å². The minimum absolute atomic E-state index is 0.00425. The molecule has 2 aliphatic heterocycles. The molecule has 0 saturated carbocycles. The van der Waals surface area contributed by atoms with Crippen molar-refractivity contribution in [3.63, 3.8) is 0 Å². The summed E-state index contributed by atoms with van der Waals surface area (Å²) >= 11 is 0. The van der Waals surface area contributed by atoms with Crippen LogP contribution in [0.1, 0.15) is 124 Å². The Morgan fingerprint density at radius 1 is 0.534 bits per heavy atom. The van der Waals surface area contributed by atoms with Gasteiger partial charge >= 0.3 is 5.97 Å². The third kappa shape index (κ3) is 44.5. The number of aliphatic carboxylic acids is 1. The topological polar surface area (TPSA) is 620 Å². The van der Waals surface area contributed by atoms with Crippen molar-refractivity contribution in [1.82, 2.24) is 74.4 Å². The first-order chi connectivity index (χ1) is 55.2. The number of aliphatic imine (C=N–C) groups is 1. The molecule has 23 N–H and O–H groups in total. The van der Waals surface area contributed by atoms with Gasteiger partial charge in [-0.3, -0.25) is 72.1 Å². The number of oxime groups is 2. The summed E-state index contributed by atoms with van der Waals surface area (Å²) in [4.78, 5) is 194. The summed E-state index contributed by atoms with van der Waals surface area (Å²) in [5, 5.41) is 72.9. The molecule has 2 saturated heterocycles. The number of carboxylic acids is 1. The lowest BCUT2D eigenvalue weighted by atomic mass is 9.94. The molecule has 2 aliphatic rings. The number of carbonyl (C=O) groups is 14. The predicted octanol–water partition coefficient (Wildman–Crippen LogP) is -2.77. The maximum absolute atomic E-state index is 14.7. The summed E-state index contributed by atoms with van der Waals surface area (Å²) in [6, 6.07) is -2.45. The summed E-state index contributed by atoms with van der Waals surface area (Å²) < 4.78 is 21.5. The molecule has 1 aromatic rings. The molecule has 2 heterocycles.